The van der Waals surface area contributed by atoms with Gasteiger partial charge >= 0.3 is 0 Å². The Morgan fingerprint density at radius 1 is 1.24 bits per heavy atom. The maximum absolute atomic E-state index is 12.5. The lowest BCUT2D eigenvalue weighted by Crippen LogP contribution is -2.39. The molecule has 0 radical (unpaired) electrons. The number of nitrogens with zero attached hydrogens (tertiary/aromatic N) is 3. The van der Waals surface area contributed by atoms with Crippen molar-refractivity contribution in [2.24, 2.45) is 5.92 Å². The summed E-state index contributed by atoms with van der Waals surface area (Å²) in [6.45, 7) is 4.13. The van der Waals surface area contributed by atoms with Gasteiger partial charge in [-0.25, -0.2) is 0 Å². The largest absolute Gasteiger partial charge is 0.376 e. The lowest BCUT2D eigenvalue weighted by atomic mass is 9.94. The van der Waals surface area contributed by atoms with Crippen LogP contribution >= 0.6 is 0 Å². The zero-order chi connectivity index (χ0) is 15.2. The smallest absolute Gasteiger partial charge is 0.265 e. The first-order valence-electron chi connectivity index (χ1n) is 8.25. The van der Waals surface area contributed by atoms with E-state index < -0.39 is 0 Å². The second-order valence-corrected chi connectivity index (χ2v) is 6.60. The first-order valence-corrected chi connectivity index (χ1v) is 8.25. The topological polar surface area (TPSA) is 47.3 Å². The van der Waals surface area contributed by atoms with E-state index in [0.29, 0.717) is 12.0 Å². The first kappa shape index (κ1) is 15.9. The number of hydrogen-bond donors (Lipinski definition) is 0. The molecule has 4 nitrogen and oxygen atoms in total. The highest BCUT2D eigenvalue weighted by atomic mass is 16.2. The first-order chi connectivity index (χ1) is 10.1. The van der Waals surface area contributed by atoms with Crippen LogP contribution in [0.1, 0.15) is 51.9 Å². The van der Waals surface area contributed by atoms with E-state index in [1.165, 1.54) is 25.7 Å². The number of carbonyl (C=O) groups is 1. The van der Waals surface area contributed by atoms with Crippen molar-refractivity contribution in [3.63, 3.8) is 0 Å². The molecule has 0 aromatic carbocycles. The van der Waals surface area contributed by atoms with Gasteiger partial charge in [0, 0.05) is 32.4 Å². The molecule has 1 saturated carbocycles. The summed E-state index contributed by atoms with van der Waals surface area (Å²) in [7, 11) is 1.85. The van der Waals surface area contributed by atoms with E-state index in [-0.39, 0.29) is 11.5 Å². The molecule has 0 N–H and O–H groups in total. The standard InChI is InChI=1S/C17H27N3O/c1-14-7-6-10-20(12-14)13-15(11-18)17(21)19(2)16-8-4-3-5-9-16/h13-14,16H,3-10,12H2,1-2H3/b15-13-. The predicted molar refractivity (Wildman–Crippen MR) is 83.3 cm³/mol. The third kappa shape index (κ3) is 4.23. The second kappa shape index (κ2) is 7.49. The Labute approximate surface area is 128 Å². The highest BCUT2D eigenvalue weighted by Crippen LogP contribution is 2.23. The zero-order valence-corrected chi connectivity index (χ0v) is 13.3. The van der Waals surface area contributed by atoms with Crippen LogP contribution in [-0.2, 0) is 4.79 Å². The van der Waals surface area contributed by atoms with Gasteiger partial charge in [0.15, 0.2) is 0 Å². The summed E-state index contributed by atoms with van der Waals surface area (Å²) < 4.78 is 0. The van der Waals surface area contributed by atoms with Crippen molar-refractivity contribution in [2.45, 2.75) is 57.9 Å². The van der Waals surface area contributed by atoms with Gasteiger partial charge in [0.2, 0.25) is 0 Å². The van der Waals surface area contributed by atoms with Crippen LogP contribution in [0.2, 0.25) is 0 Å². The van der Waals surface area contributed by atoms with Crippen LogP contribution in [0.25, 0.3) is 0 Å². The van der Waals surface area contributed by atoms with E-state index in [9.17, 15) is 10.1 Å². The lowest BCUT2D eigenvalue weighted by Gasteiger charge is -2.32. The Morgan fingerprint density at radius 2 is 1.95 bits per heavy atom. The number of nitriles is 1. The van der Waals surface area contributed by atoms with Crippen LogP contribution in [-0.4, -0.2) is 41.9 Å². The molecule has 2 fully saturated rings. The van der Waals surface area contributed by atoms with Gasteiger partial charge in [-0.3, -0.25) is 4.79 Å². The minimum absolute atomic E-state index is 0.109. The van der Waals surface area contributed by atoms with Crippen molar-refractivity contribution in [2.75, 3.05) is 20.1 Å². The molecule has 116 valence electrons. The van der Waals surface area contributed by atoms with Crippen LogP contribution < -0.4 is 0 Å². The fourth-order valence-corrected chi connectivity index (χ4v) is 3.48. The molecule has 1 heterocycles. The number of hydrogen-bond acceptors (Lipinski definition) is 3. The van der Waals surface area contributed by atoms with Gasteiger partial charge in [-0.05, 0) is 31.6 Å². The van der Waals surface area contributed by atoms with Crippen LogP contribution in [0.3, 0.4) is 0 Å². The molecule has 1 atom stereocenters. The Hall–Kier alpha value is -1.50. The maximum Gasteiger partial charge on any atom is 0.265 e. The van der Waals surface area contributed by atoms with Crippen LogP contribution in [0, 0.1) is 17.2 Å². The Bertz CT molecular complexity index is 432. The minimum Gasteiger partial charge on any atom is -0.376 e. The normalized spacial score (nSPS) is 24.5. The Morgan fingerprint density at radius 3 is 2.57 bits per heavy atom. The molecule has 4 heteroatoms. The Balaban J connectivity index is 2.01. The van der Waals surface area contributed by atoms with E-state index >= 15 is 0 Å². The maximum atomic E-state index is 12.5. The summed E-state index contributed by atoms with van der Waals surface area (Å²) in [5, 5.41) is 9.35. The summed E-state index contributed by atoms with van der Waals surface area (Å²) in [4.78, 5) is 16.5. The van der Waals surface area contributed by atoms with Gasteiger partial charge < -0.3 is 9.80 Å². The molecule has 2 aliphatic rings. The zero-order valence-electron chi connectivity index (χ0n) is 13.3. The average Bonchev–Trinajstić information content (AvgIpc) is 2.52. The van der Waals surface area contributed by atoms with Crippen LogP contribution in [0.4, 0.5) is 0 Å². The fraction of sp³-hybridized carbons (Fsp3) is 0.765. The summed E-state index contributed by atoms with van der Waals surface area (Å²) >= 11 is 0. The Kier molecular flexibility index (Phi) is 5.67. The summed E-state index contributed by atoms with van der Waals surface area (Å²) in [6, 6.07) is 2.42. The van der Waals surface area contributed by atoms with Crippen LogP contribution in [0.5, 0.6) is 0 Å². The number of rotatable bonds is 3. The third-order valence-corrected chi connectivity index (χ3v) is 4.79. The molecule has 1 aliphatic carbocycles. The van der Waals surface area contributed by atoms with Gasteiger partial charge in [-0.2, -0.15) is 5.26 Å². The third-order valence-electron chi connectivity index (χ3n) is 4.79. The summed E-state index contributed by atoms with van der Waals surface area (Å²) in [5.74, 6) is 0.531. The number of likely N-dealkylation sites (N-methyl/N-ethyl adjacent to an activating group) is 1. The molecule has 0 aromatic heterocycles. The van der Waals surface area contributed by atoms with Crippen molar-refractivity contribution in [3.05, 3.63) is 11.8 Å². The van der Waals surface area contributed by atoms with Gasteiger partial charge in [0.25, 0.3) is 5.91 Å². The second-order valence-electron chi connectivity index (χ2n) is 6.60. The van der Waals surface area contributed by atoms with E-state index in [4.69, 9.17) is 0 Å². The van der Waals surface area contributed by atoms with Crippen molar-refractivity contribution in [1.29, 1.82) is 5.26 Å². The van der Waals surface area contributed by atoms with E-state index in [0.717, 1.165) is 32.4 Å². The monoisotopic (exact) mass is 289 g/mol. The van der Waals surface area contributed by atoms with Gasteiger partial charge in [-0.15, -0.1) is 0 Å². The molecule has 1 amide bonds. The van der Waals surface area contributed by atoms with Crippen molar-refractivity contribution < 1.29 is 4.79 Å². The lowest BCUT2D eigenvalue weighted by molar-refractivity contribution is -0.128. The molecular weight excluding hydrogens is 262 g/mol. The highest BCUT2D eigenvalue weighted by molar-refractivity contribution is 5.97. The van der Waals surface area contributed by atoms with Gasteiger partial charge in [0.05, 0.1) is 0 Å². The van der Waals surface area contributed by atoms with Crippen molar-refractivity contribution >= 4 is 5.91 Å². The van der Waals surface area contributed by atoms with E-state index in [1.807, 2.05) is 7.05 Å². The molecule has 2 rings (SSSR count). The van der Waals surface area contributed by atoms with E-state index in [2.05, 4.69) is 17.9 Å². The summed E-state index contributed by atoms with van der Waals surface area (Å²) in [6.07, 6.45) is 9.96. The quantitative estimate of drug-likeness (QED) is 0.593. The van der Waals surface area contributed by atoms with Crippen molar-refractivity contribution in [3.8, 4) is 6.07 Å². The molecule has 1 saturated heterocycles. The minimum atomic E-state index is -0.109. The summed E-state index contributed by atoms with van der Waals surface area (Å²) in [5.41, 5.74) is 0.289. The van der Waals surface area contributed by atoms with Crippen molar-refractivity contribution in [1.82, 2.24) is 9.80 Å². The molecule has 21 heavy (non-hydrogen) atoms. The fourth-order valence-electron chi connectivity index (χ4n) is 3.48. The predicted octanol–water partition coefficient (Wildman–Crippen LogP) is 2.92. The van der Waals surface area contributed by atoms with E-state index in [1.54, 1.807) is 11.1 Å². The van der Waals surface area contributed by atoms with Crippen LogP contribution in [0.15, 0.2) is 11.8 Å². The number of carbonyl (C=O) groups excluding carboxylic acids is 1. The number of piperidine rings is 1. The average molecular weight is 289 g/mol. The SMILES string of the molecule is CC1CCCN(/C=C(/C#N)C(=O)N(C)C2CCCCC2)C1. The number of likely N-dealkylation sites (tertiary alicyclic amines) is 1. The highest BCUT2D eigenvalue weighted by Gasteiger charge is 2.25. The molecule has 0 bridgehead atoms. The van der Waals surface area contributed by atoms with Gasteiger partial charge in [-0.1, -0.05) is 26.2 Å². The molecule has 0 spiro atoms. The molecule has 1 aliphatic heterocycles. The molecule has 1 unspecified atom stereocenters. The molecule has 0 aromatic rings. The van der Waals surface area contributed by atoms with Gasteiger partial charge in [0.1, 0.15) is 11.6 Å². The molecular formula is C17H27N3O. The number of amides is 1.